The Morgan fingerprint density at radius 3 is 2.00 bits per heavy atom. The number of hydrogen-bond acceptors (Lipinski definition) is 3. The standard InChI is InChI=1S/C13H26O3S/c1-4-7-9-13(17,10-8-5-2)11(12(14)15)16-6-3/h11,17H,4-10H2,1-3H3,(H,14,15). The number of carbonyl (C=O) groups is 1. The van der Waals surface area contributed by atoms with Crippen molar-refractivity contribution in [3.8, 4) is 0 Å². The van der Waals surface area contributed by atoms with Gasteiger partial charge in [-0.25, -0.2) is 4.79 Å². The van der Waals surface area contributed by atoms with E-state index in [0.29, 0.717) is 6.61 Å². The van der Waals surface area contributed by atoms with E-state index in [-0.39, 0.29) is 0 Å². The van der Waals surface area contributed by atoms with Gasteiger partial charge in [0, 0.05) is 11.4 Å². The Morgan fingerprint density at radius 2 is 1.71 bits per heavy atom. The highest BCUT2D eigenvalue weighted by Gasteiger charge is 2.39. The number of ether oxygens (including phenoxy) is 1. The van der Waals surface area contributed by atoms with Crippen molar-refractivity contribution in [3.63, 3.8) is 0 Å². The zero-order chi connectivity index (χ0) is 13.3. The van der Waals surface area contributed by atoms with Crippen LogP contribution in [0.3, 0.4) is 0 Å². The summed E-state index contributed by atoms with van der Waals surface area (Å²) in [5, 5.41) is 9.26. The first-order chi connectivity index (χ1) is 8.01. The largest absolute Gasteiger partial charge is 0.479 e. The fraction of sp³-hybridized carbons (Fsp3) is 0.923. The zero-order valence-corrected chi connectivity index (χ0v) is 12.1. The van der Waals surface area contributed by atoms with Crippen molar-refractivity contribution in [2.24, 2.45) is 0 Å². The van der Waals surface area contributed by atoms with Crippen LogP contribution in [0.5, 0.6) is 0 Å². The van der Waals surface area contributed by atoms with Gasteiger partial charge >= 0.3 is 5.97 Å². The van der Waals surface area contributed by atoms with Crippen LogP contribution in [0.25, 0.3) is 0 Å². The van der Waals surface area contributed by atoms with Crippen LogP contribution < -0.4 is 0 Å². The highest BCUT2D eigenvalue weighted by atomic mass is 32.1. The fourth-order valence-electron chi connectivity index (χ4n) is 1.98. The molecule has 0 saturated carbocycles. The molecule has 0 aliphatic heterocycles. The summed E-state index contributed by atoms with van der Waals surface area (Å²) in [6.45, 7) is 6.44. The molecule has 0 radical (unpaired) electrons. The number of thiol groups is 1. The first kappa shape index (κ1) is 16.8. The van der Waals surface area contributed by atoms with Gasteiger partial charge in [-0.2, -0.15) is 12.6 Å². The second kappa shape index (κ2) is 8.81. The first-order valence-corrected chi connectivity index (χ1v) is 7.03. The van der Waals surface area contributed by atoms with E-state index < -0.39 is 16.8 Å². The quantitative estimate of drug-likeness (QED) is 0.592. The average Bonchev–Trinajstić information content (AvgIpc) is 2.30. The van der Waals surface area contributed by atoms with Crippen LogP contribution in [-0.4, -0.2) is 28.5 Å². The molecule has 0 spiro atoms. The summed E-state index contributed by atoms with van der Waals surface area (Å²) in [5.41, 5.74) is 0. The van der Waals surface area contributed by atoms with Gasteiger partial charge in [0.1, 0.15) is 0 Å². The number of hydrogen-bond donors (Lipinski definition) is 2. The SMILES string of the molecule is CCCCC(S)(CCCC)C(OCC)C(=O)O. The van der Waals surface area contributed by atoms with Crippen LogP contribution in [0.2, 0.25) is 0 Å². The monoisotopic (exact) mass is 262 g/mol. The molecule has 1 atom stereocenters. The van der Waals surface area contributed by atoms with Crippen LogP contribution >= 0.6 is 12.6 Å². The molecule has 1 unspecified atom stereocenters. The Hall–Kier alpha value is -0.220. The van der Waals surface area contributed by atoms with E-state index in [1.807, 2.05) is 6.92 Å². The Labute approximate surface area is 110 Å². The average molecular weight is 262 g/mol. The minimum Gasteiger partial charge on any atom is -0.479 e. The van der Waals surface area contributed by atoms with E-state index in [9.17, 15) is 9.90 Å². The van der Waals surface area contributed by atoms with Crippen molar-refractivity contribution in [1.29, 1.82) is 0 Å². The van der Waals surface area contributed by atoms with Crippen molar-refractivity contribution in [1.82, 2.24) is 0 Å². The number of rotatable bonds is 10. The van der Waals surface area contributed by atoms with Gasteiger partial charge in [0.2, 0.25) is 0 Å². The van der Waals surface area contributed by atoms with Crippen LogP contribution in [0.4, 0.5) is 0 Å². The second-order valence-electron chi connectivity index (χ2n) is 4.48. The maximum atomic E-state index is 11.3. The molecule has 0 amide bonds. The van der Waals surface area contributed by atoms with Crippen LogP contribution in [0.1, 0.15) is 59.3 Å². The van der Waals surface area contributed by atoms with E-state index in [1.165, 1.54) is 0 Å². The van der Waals surface area contributed by atoms with Crippen molar-refractivity contribution in [2.45, 2.75) is 70.1 Å². The van der Waals surface area contributed by atoms with Gasteiger partial charge < -0.3 is 9.84 Å². The maximum absolute atomic E-state index is 11.3. The minimum atomic E-state index is -0.894. The first-order valence-electron chi connectivity index (χ1n) is 6.58. The summed E-state index contributed by atoms with van der Waals surface area (Å²) in [6, 6.07) is 0. The summed E-state index contributed by atoms with van der Waals surface area (Å²) in [6.07, 6.45) is 4.87. The molecule has 4 heteroatoms. The minimum absolute atomic E-state index is 0.414. The molecule has 0 aromatic carbocycles. The molecule has 0 saturated heterocycles. The lowest BCUT2D eigenvalue weighted by Crippen LogP contribution is -2.44. The highest BCUT2D eigenvalue weighted by molar-refractivity contribution is 7.81. The summed E-state index contributed by atoms with van der Waals surface area (Å²) < 4.78 is 4.85. The van der Waals surface area contributed by atoms with Crippen molar-refractivity contribution in [3.05, 3.63) is 0 Å². The molecule has 0 fully saturated rings. The van der Waals surface area contributed by atoms with Gasteiger partial charge in [-0.3, -0.25) is 0 Å². The van der Waals surface area contributed by atoms with E-state index in [0.717, 1.165) is 38.5 Å². The second-order valence-corrected chi connectivity index (χ2v) is 5.37. The molecule has 0 bridgehead atoms. The molecule has 102 valence electrons. The Balaban J connectivity index is 4.74. The van der Waals surface area contributed by atoms with Gasteiger partial charge in [0.25, 0.3) is 0 Å². The lowest BCUT2D eigenvalue weighted by atomic mass is 9.89. The van der Waals surface area contributed by atoms with Gasteiger partial charge in [0.15, 0.2) is 6.10 Å². The van der Waals surface area contributed by atoms with Crippen molar-refractivity contribution >= 4 is 18.6 Å². The van der Waals surface area contributed by atoms with Gasteiger partial charge in [-0.1, -0.05) is 39.5 Å². The molecule has 0 aliphatic carbocycles. The summed E-state index contributed by atoms with van der Waals surface area (Å²) in [7, 11) is 0. The van der Waals surface area contributed by atoms with E-state index in [1.54, 1.807) is 0 Å². The predicted octanol–water partition coefficient (Wildman–Crippen LogP) is 3.53. The third-order valence-electron chi connectivity index (χ3n) is 2.97. The topological polar surface area (TPSA) is 46.5 Å². The summed E-state index contributed by atoms with van der Waals surface area (Å²) >= 11 is 4.65. The van der Waals surface area contributed by atoms with E-state index in [2.05, 4.69) is 26.5 Å². The summed E-state index contributed by atoms with van der Waals surface area (Å²) in [4.78, 5) is 11.3. The Kier molecular flexibility index (Phi) is 8.70. The molecule has 1 N–H and O–H groups in total. The molecular formula is C13H26O3S. The number of aliphatic carboxylic acids is 1. The third kappa shape index (κ3) is 5.77. The molecule has 3 nitrogen and oxygen atoms in total. The summed E-state index contributed by atoms with van der Waals surface area (Å²) in [5.74, 6) is -0.894. The molecule has 0 heterocycles. The maximum Gasteiger partial charge on any atom is 0.334 e. The molecular weight excluding hydrogens is 236 g/mol. The van der Waals surface area contributed by atoms with Crippen LogP contribution in [-0.2, 0) is 9.53 Å². The molecule has 17 heavy (non-hydrogen) atoms. The lowest BCUT2D eigenvalue weighted by molar-refractivity contribution is -0.152. The number of carboxylic acids is 1. The van der Waals surface area contributed by atoms with Gasteiger partial charge in [-0.15, -0.1) is 0 Å². The van der Waals surface area contributed by atoms with Gasteiger partial charge in [-0.05, 0) is 19.8 Å². The lowest BCUT2D eigenvalue weighted by Gasteiger charge is -2.34. The smallest absolute Gasteiger partial charge is 0.334 e. The van der Waals surface area contributed by atoms with Crippen LogP contribution in [0.15, 0.2) is 0 Å². The predicted molar refractivity (Wildman–Crippen MR) is 73.8 cm³/mol. The fourth-order valence-corrected chi connectivity index (χ4v) is 2.48. The van der Waals surface area contributed by atoms with Gasteiger partial charge in [0.05, 0.1) is 0 Å². The Morgan fingerprint density at radius 1 is 1.24 bits per heavy atom. The normalized spacial score (nSPS) is 13.6. The van der Waals surface area contributed by atoms with Crippen molar-refractivity contribution in [2.75, 3.05) is 6.61 Å². The number of unbranched alkanes of at least 4 members (excludes halogenated alkanes) is 2. The zero-order valence-electron chi connectivity index (χ0n) is 11.2. The van der Waals surface area contributed by atoms with Crippen molar-refractivity contribution < 1.29 is 14.6 Å². The molecule has 0 aromatic heterocycles. The molecule has 0 aromatic rings. The van der Waals surface area contributed by atoms with E-state index >= 15 is 0 Å². The highest BCUT2D eigenvalue weighted by Crippen LogP contribution is 2.34. The Bertz CT molecular complexity index is 211. The molecule has 0 rings (SSSR count). The number of carboxylic acid groups (broad SMARTS) is 1. The molecule has 0 aliphatic rings. The third-order valence-corrected chi connectivity index (χ3v) is 3.65. The van der Waals surface area contributed by atoms with Crippen LogP contribution in [0, 0.1) is 0 Å². The van der Waals surface area contributed by atoms with E-state index in [4.69, 9.17) is 4.74 Å².